The lowest BCUT2D eigenvalue weighted by Crippen LogP contribution is -2.24. The average molecular weight is 279 g/mol. The Bertz CT molecular complexity index is 487. The van der Waals surface area contributed by atoms with Gasteiger partial charge in [0.1, 0.15) is 0 Å². The van der Waals surface area contributed by atoms with Crippen LogP contribution in [0.15, 0.2) is 30.5 Å². The van der Waals surface area contributed by atoms with Gasteiger partial charge in [-0.05, 0) is 35.9 Å². The second kappa shape index (κ2) is 4.22. The molecule has 0 bridgehead atoms. The topological polar surface area (TPSA) is 27.8 Å². The highest BCUT2D eigenvalue weighted by atomic mass is 79.9. The molecule has 1 aliphatic rings. The first-order chi connectivity index (χ1) is 7.86. The highest BCUT2D eigenvalue weighted by molar-refractivity contribution is 9.09. The van der Waals surface area contributed by atoms with Crippen molar-refractivity contribution in [3.05, 3.63) is 36.0 Å². The van der Waals surface area contributed by atoms with Crippen LogP contribution in [0.5, 0.6) is 0 Å². The van der Waals surface area contributed by atoms with E-state index in [1.54, 1.807) is 0 Å². The molecule has 1 unspecified atom stereocenters. The minimum Gasteiger partial charge on any atom is -0.361 e. The number of aromatic amines is 1. The number of aromatic nitrogens is 1. The van der Waals surface area contributed by atoms with E-state index >= 15 is 0 Å². The van der Waals surface area contributed by atoms with Gasteiger partial charge in [0, 0.05) is 29.1 Å². The number of nitrogens with one attached hydrogen (secondary N) is 2. The molecule has 0 amide bonds. The van der Waals surface area contributed by atoms with Crippen LogP contribution in [0.25, 0.3) is 10.9 Å². The third-order valence-electron chi connectivity index (χ3n) is 3.15. The van der Waals surface area contributed by atoms with Crippen molar-refractivity contribution in [2.24, 2.45) is 0 Å². The predicted octanol–water partition coefficient (Wildman–Crippen LogP) is 3.36. The molecule has 1 aliphatic carbocycles. The third-order valence-corrected chi connectivity index (χ3v) is 3.80. The first kappa shape index (κ1) is 10.4. The summed E-state index contributed by atoms with van der Waals surface area (Å²) >= 11 is 3.59. The normalized spacial score (nSPS) is 17.8. The Hall–Kier alpha value is -0.800. The number of H-pyrrole nitrogens is 1. The van der Waals surface area contributed by atoms with Gasteiger partial charge in [-0.25, -0.2) is 0 Å². The molecule has 1 fully saturated rings. The van der Waals surface area contributed by atoms with Crippen LogP contribution in [0.1, 0.15) is 24.4 Å². The molecule has 1 saturated carbocycles. The number of benzene rings is 1. The molecular weight excluding hydrogens is 264 g/mol. The van der Waals surface area contributed by atoms with Crippen molar-refractivity contribution in [2.45, 2.75) is 24.9 Å². The molecule has 0 aliphatic heterocycles. The molecule has 0 radical (unpaired) electrons. The maximum Gasteiger partial charge on any atom is 0.0457 e. The lowest BCUT2D eigenvalue weighted by atomic mass is 10.1. The first-order valence-corrected chi connectivity index (χ1v) is 6.88. The minimum atomic E-state index is 0.431. The van der Waals surface area contributed by atoms with E-state index in [9.17, 15) is 0 Å². The molecule has 1 aromatic heterocycles. The number of alkyl halides is 1. The SMILES string of the molecule is BrCC(NC1CC1)c1ccc2cc[nH]c2c1. The van der Waals surface area contributed by atoms with Gasteiger partial charge >= 0.3 is 0 Å². The second-order valence-corrected chi connectivity index (χ2v) is 5.12. The maximum absolute atomic E-state index is 3.65. The summed E-state index contributed by atoms with van der Waals surface area (Å²) in [6.07, 6.45) is 4.65. The summed E-state index contributed by atoms with van der Waals surface area (Å²) < 4.78 is 0. The van der Waals surface area contributed by atoms with Crippen molar-refractivity contribution < 1.29 is 0 Å². The molecule has 84 valence electrons. The standard InChI is InChI=1S/C13H15BrN2/c14-8-13(16-11-3-4-11)10-2-1-9-5-6-15-12(9)7-10/h1-2,5-7,11,13,15-16H,3-4,8H2. The van der Waals surface area contributed by atoms with E-state index in [4.69, 9.17) is 0 Å². The van der Waals surface area contributed by atoms with E-state index in [0.717, 1.165) is 11.4 Å². The third kappa shape index (κ3) is 2.02. The molecule has 1 heterocycles. The van der Waals surface area contributed by atoms with Gasteiger partial charge in [-0.2, -0.15) is 0 Å². The van der Waals surface area contributed by atoms with Gasteiger partial charge < -0.3 is 10.3 Å². The molecule has 1 atom stereocenters. The lowest BCUT2D eigenvalue weighted by molar-refractivity contribution is 0.581. The monoisotopic (exact) mass is 278 g/mol. The Balaban J connectivity index is 1.89. The summed E-state index contributed by atoms with van der Waals surface area (Å²) in [4.78, 5) is 3.26. The quantitative estimate of drug-likeness (QED) is 0.825. The number of fused-ring (bicyclic) bond motifs is 1. The summed E-state index contributed by atoms with van der Waals surface area (Å²) in [6.45, 7) is 0. The molecular formula is C13H15BrN2. The molecule has 3 rings (SSSR count). The van der Waals surface area contributed by atoms with E-state index in [-0.39, 0.29) is 0 Å². The van der Waals surface area contributed by atoms with Gasteiger partial charge in [-0.1, -0.05) is 28.1 Å². The fourth-order valence-corrected chi connectivity index (χ4v) is 2.61. The van der Waals surface area contributed by atoms with Crippen molar-refractivity contribution in [3.63, 3.8) is 0 Å². The Kier molecular flexibility index (Phi) is 2.74. The van der Waals surface area contributed by atoms with E-state index in [0.29, 0.717) is 6.04 Å². The molecule has 1 aromatic carbocycles. The van der Waals surface area contributed by atoms with Gasteiger partial charge in [0.2, 0.25) is 0 Å². The fourth-order valence-electron chi connectivity index (χ4n) is 2.05. The molecule has 0 saturated heterocycles. The fraction of sp³-hybridized carbons (Fsp3) is 0.385. The highest BCUT2D eigenvalue weighted by Gasteiger charge is 2.24. The largest absolute Gasteiger partial charge is 0.361 e. The van der Waals surface area contributed by atoms with Gasteiger partial charge in [-0.15, -0.1) is 0 Å². The van der Waals surface area contributed by atoms with Gasteiger partial charge in [0.05, 0.1) is 0 Å². The molecule has 16 heavy (non-hydrogen) atoms. The first-order valence-electron chi connectivity index (χ1n) is 5.76. The average Bonchev–Trinajstić information content (AvgIpc) is 3.01. The van der Waals surface area contributed by atoms with E-state index in [1.807, 2.05) is 6.20 Å². The van der Waals surface area contributed by atoms with Crippen LogP contribution in [0, 0.1) is 0 Å². The second-order valence-electron chi connectivity index (χ2n) is 4.47. The van der Waals surface area contributed by atoms with Gasteiger partial charge in [0.25, 0.3) is 0 Å². The zero-order chi connectivity index (χ0) is 11.0. The smallest absolute Gasteiger partial charge is 0.0457 e. The van der Waals surface area contributed by atoms with Crippen LogP contribution >= 0.6 is 15.9 Å². The summed E-state index contributed by atoms with van der Waals surface area (Å²) in [5, 5.41) is 5.90. The zero-order valence-corrected chi connectivity index (χ0v) is 10.6. The Morgan fingerprint density at radius 3 is 3.00 bits per heavy atom. The van der Waals surface area contributed by atoms with Crippen molar-refractivity contribution in [1.29, 1.82) is 0 Å². The van der Waals surface area contributed by atoms with Crippen LogP contribution in [-0.2, 0) is 0 Å². The summed E-state index contributed by atoms with van der Waals surface area (Å²) in [5.41, 5.74) is 2.58. The van der Waals surface area contributed by atoms with E-state index < -0.39 is 0 Å². The Morgan fingerprint density at radius 2 is 2.25 bits per heavy atom. The predicted molar refractivity (Wildman–Crippen MR) is 71.0 cm³/mol. The van der Waals surface area contributed by atoms with E-state index in [2.05, 4.69) is 50.5 Å². The molecule has 3 heteroatoms. The van der Waals surface area contributed by atoms with Crippen LogP contribution in [0.4, 0.5) is 0 Å². The number of hydrogen-bond donors (Lipinski definition) is 2. The minimum absolute atomic E-state index is 0.431. The van der Waals surface area contributed by atoms with Gasteiger partial charge in [0.15, 0.2) is 0 Å². The van der Waals surface area contributed by atoms with Crippen LogP contribution in [0.3, 0.4) is 0 Å². The maximum atomic E-state index is 3.65. The lowest BCUT2D eigenvalue weighted by Gasteiger charge is -2.16. The van der Waals surface area contributed by atoms with E-state index in [1.165, 1.54) is 29.3 Å². The highest BCUT2D eigenvalue weighted by Crippen LogP contribution is 2.26. The molecule has 2 aromatic rings. The molecule has 2 nitrogen and oxygen atoms in total. The van der Waals surface area contributed by atoms with Crippen LogP contribution in [-0.4, -0.2) is 16.4 Å². The zero-order valence-electron chi connectivity index (χ0n) is 9.04. The van der Waals surface area contributed by atoms with Crippen molar-refractivity contribution in [3.8, 4) is 0 Å². The molecule has 0 spiro atoms. The number of hydrogen-bond acceptors (Lipinski definition) is 1. The van der Waals surface area contributed by atoms with Crippen molar-refractivity contribution >= 4 is 26.8 Å². The van der Waals surface area contributed by atoms with Crippen molar-refractivity contribution in [2.75, 3.05) is 5.33 Å². The van der Waals surface area contributed by atoms with Crippen LogP contribution < -0.4 is 5.32 Å². The Labute approximate surface area is 104 Å². The summed E-state index contributed by atoms with van der Waals surface area (Å²) in [6, 6.07) is 9.93. The van der Waals surface area contributed by atoms with Crippen LogP contribution in [0.2, 0.25) is 0 Å². The van der Waals surface area contributed by atoms with Gasteiger partial charge in [-0.3, -0.25) is 0 Å². The summed E-state index contributed by atoms with van der Waals surface area (Å²) in [5.74, 6) is 0. The summed E-state index contributed by atoms with van der Waals surface area (Å²) in [7, 11) is 0. The number of halogens is 1. The number of rotatable bonds is 4. The van der Waals surface area contributed by atoms with Crippen molar-refractivity contribution in [1.82, 2.24) is 10.3 Å². The Morgan fingerprint density at radius 1 is 1.38 bits per heavy atom. The molecule has 2 N–H and O–H groups in total.